The van der Waals surface area contributed by atoms with E-state index in [1.54, 1.807) is 24.3 Å². The number of hydrogen-bond donors (Lipinski definition) is 1. The SMILES string of the molecule is FC(F)(F)C1OCC(=S)NC1(c1cccc(Br)c1)C1CC1. The molecule has 0 aromatic heterocycles. The van der Waals surface area contributed by atoms with Gasteiger partial charge in [-0.1, -0.05) is 40.3 Å². The van der Waals surface area contributed by atoms with Crippen LogP contribution in [0.1, 0.15) is 18.4 Å². The lowest BCUT2D eigenvalue weighted by atomic mass is 9.78. The van der Waals surface area contributed by atoms with Gasteiger partial charge in [0.15, 0.2) is 6.10 Å². The van der Waals surface area contributed by atoms with Gasteiger partial charge in [-0.2, -0.15) is 13.2 Å². The minimum atomic E-state index is -4.45. The van der Waals surface area contributed by atoms with E-state index in [9.17, 15) is 13.2 Å². The average molecular weight is 380 g/mol. The van der Waals surface area contributed by atoms with Crippen molar-refractivity contribution < 1.29 is 17.9 Å². The van der Waals surface area contributed by atoms with Gasteiger partial charge in [-0.15, -0.1) is 0 Å². The fraction of sp³-hybridized carbons (Fsp3) is 0.500. The third-order valence-corrected chi connectivity index (χ3v) is 4.67. The zero-order valence-electron chi connectivity index (χ0n) is 10.9. The molecule has 0 spiro atoms. The van der Waals surface area contributed by atoms with Gasteiger partial charge >= 0.3 is 6.18 Å². The number of nitrogens with one attached hydrogen (secondary N) is 1. The Morgan fingerprint density at radius 2 is 2.05 bits per heavy atom. The third kappa shape index (κ3) is 2.71. The highest BCUT2D eigenvalue weighted by atomic mass is 79.9. The molecule has 114 valence electrons. The van der Waals surface area contributed by atoms with Crippen LogP contribution in [0.15, 0.2) is 28.7 Å². The molecule has 1 aliphatic carbocycles. The summed E-state index contributed by atoms with van der Waals surface area (Å²) in [5.74, 6) is -0.128. The van der Waals surface area contributed by atoms with Crippen LogP contribution in [0.25, 0.3) is 0 Å². The van der Waals surface area contributed by atoms with Crippen LogP contribution in [0.5, 0.6) is 0 Å². The molecule has 1 heterocycles. The van der Waals surface area contributed by atoms with Crippen molar-refractivity contribution in [2.24, 2.45) is 5.92 Å². The first kappa shape index (κ1) is 15.2. The standard InChI is InChI=1S/C14H13BrF3NOS/c15-10-3-1-2-9(6-10)13(8-4-5-8)12(14(16,17)18)20-7-11(21)19-13/h1-3,6,8,12H,4-5,7H2,(H,19,21). The van der Waals surface area contributed by atoms with Gasteiger partial charge in [-0.25, -0.2) is 0 Å². The van der Waals surface area contributed by atoms with E-state index in [-0.39, 0.29) is 12.5 Å². The molecule has 3 rings (SSSR count). The van der Waals surface area contributed by atoms with Crippen LogP contribution in [0.3, 0.4) is 0 Å². The van der Waals surface area contributed by atoms with E-state index < -0.39 is 17.8 Å². The Kier molecular flexibility index (Phi) is 3.78. The van der Waals surface area contributed by atoms with Crippen molar-refractivity contribution in [3.8, 4) is 0 Å². The molecule has 1 aromatic carbocycles. The Balaban J connectivity index is 2.14. The molecule has 0 bridgehead atoms. The van der Waals surface area contributed by atoms with Gasteiger partial charge in [0.2, 0.25) is 0 Å². The van der Waals surface area contributed by atoms with Crippen molar-refractivity contribution in [2.75, 3.05) is 6.61 Å². The van der Waals surface area contributed by atoms with Crippen molar-refractivity contribution >= 4 is 33.1 Å². The first-order valence-electron chi connectivity index (χ1n) is 6.59. The Morgan fingerprint density at radius 1 is 1.33 bits per heavy atom. The molecule has 1 saturated carbocycles. The topological polar surface area (TPSA) is 21.3 Å². The van der Waals surface area contributed by atoms with Crippen molar-refractivity contribution in [1.82, 2.24) is 5.32 Å². The molecule has 1 N–H and O–H groups in total. The van der Waals surface area contributed by atoms with Crippen LogP contribution in [0, 0.1) is 5.92 Å². The van der Waals surface area contributed by atoms with E-state index in [0.717, 1.165) is 17.3 Å². The van der Waals surface area contributed by atoms with E-state index in [1.165, 1.54) is 0 Å². The lowest BCUT2D eigenvalue weighted by Crippen LogP contribution is -2.65. The molecule has 2 fully saturated rings. The van der Waals surface area contributed by atoms with E-state index in [0.29, 0.717) is 10.6 Å². The predicted molar refractivity (Wildman–Crippen MR) is 80.1 cm³/mol. The number of thiocarbonyl (C=S) groups is 1. The Bertz CT molecular complexity index is 576. The Hall–Kier alpha value is -0.660. The maximum Gasteiger partial charge on any atom is 0.417 e. The number of ether oxygens (including phenoxy) is 1. The zero-order chi connectivity index (χ0) is 15.3. The molecule has 2 nitrogen and oxygen atoms in total. The summed E-state index contributed by atoms with van der Waals surface area (Å²) in [4.78, 5) is 0.322. The number of benzene rings is 1. The summed E-state index contributed by atoms with van der Waals surface area (Å²) in [6.45, 7) is -0.192. The highest BCUT2D eigenvalue weighted by Crippen LogP contribution is 2.53. The van der Waals surface area contributed by atoms with Crippen LogP contribution in [-0.2, 0) is 10.3 Å². The molecular weight excluding hydrogens is 367 g/mol. The minimum absolute atomic E-state index is 0.128. The largest absolute Gasteiger partial charge is 0.417 e. The summed E-state index contributed by atoms with van der Waals surface area (Å²) in [6.07, 6.45) is -4.87. The first-order valence-corrected chi connectivity index (χ1v) is 7.79. The molecule has 7 heteroatoms. The van der Waals surface area contributed by atoms with Crippen molar-refractivity contribution in [3.05, 3.63) is 34.3 Å². The second-order valence-corrected chi connectivity index (χ2v) is 6.84. The van der Waals surface area contributed by atoms with Crippen LogP contribution in [0.2, 0.25) is 0 Å². The normalized spacial score (nSPS) is 30.1. The fourth-order valence-electron chi connectivity index (χ4n) is 3.04. The Morgan fingerprint density at radius 3 is 2.62 bits per heavy atom. The second-order valence-electron chi connectivity index (χ2n) is 5.43. The van der Waals surface area contributed by atoms with Crippen LogP contribution < -0.4 is 5.32 Å². The summed E-state index contributed by atoms with van der Waals surface area (Å²) in [7, 11) is 0. The van der Waals surface area contributed by atoms with Crippen molar-refractivity contribution in [3.63, 3.8) is 0 Å². The maximum atomic E-state index is 13.5. The zero-order valence-corrected chi connectivity index (χ0v) is 13.3. The molecule has 2 atom stereocenters. The van der Waals surface area contributed by atoms with Gasteiger partial charge in [0.25, 0.3) is 0 Å². The van der Waals surface area contributed by atoms with Gasteiger partial charge in [0, 0.05) is 4.47 Å². The maximum absolute atomic E-state index is 13.5. The molecule has 0 amide bonds. The smallest absolute Gasteiger partial charge is 0.365 e. The molecule has 1 aliphatic heterocycles. The second kappa shape index (κ2) is 5.21. The highest BCUT2D eigenvalue weighted by Gasteiger charge is 2.63. The van der Waals surface area contributed by atoms with Crippen molar-refractivity contribution in [2.45, 2.75) is 30.7 Å². The average Bonchev–Trinajstić information content (AvgIpc) is 3.21. The summed E-state index contributed by atoms with van der Waals surface area (Å²) in [6, 6.07) is 6.93. The van der Waals surface area contributed by atoms with Crippen LogP contribution in [-0.4, -0.2) is 23.9 Å². The monoisotopic (exact) mass is 379 g/mol. The van der Waals surface area contributed by atoms with E-state index in [2.05, 4.69) is 21.2 Å². The van der Waals surface area contributed by atoms with Crippen LogP contribution >= 0.6 is 28.1 Å². The van der Waals surface area contributed by atoms with Gasteiger partial charge < -0.3 is 10.1 Å². The Labute approximate surface area is 134 Å². The number of morpholine rings is 1. The summed E-state index contributed by atoms with van der Waals surface area (Å²) in [5, 5.41) is 2.96. The number of alkyl halides is 3. The summed E-state index contributed by atoms with van der Waals surface area (Å²) >= 11 is 8.42. The third-order valence-electron chi connectivity index (χ3n) is 3.96. The molecule has 1 aromatic rings. The summed E-state index contributed by atoms with van der Waals surface area (Å²) < 4.78 is 46.4. The van der Waals surface area contributed by atoms with E-state index in [4.69, 9.17) is 17.0 Å². The number of hydrogen-bond acceptors (Lipinski definition) is 2. The molecule has 2 aliphatic rings. The minimum Gasteiger partial charge on any atom is -0.365 e. The predicted octanol–water partition coefficient (Wildman–Crippen LogP) is 3.93. The van der Waals surface area contributed by atoms with Gasteiger partial charge in [0.05, 0.1) is 6.61 Å². The lowest BCUT2D eigenvalue weighted by Gasteiger charge is -2.46. The van der Waals surface area contributed by atoms with Crippen LogP contribution in [0.4, 0.5) is 13.2 Å². The van der Waals surface area contributed by atoms with E-state index in [1.807, 2.05) is 0 Å². The van der Waals surface area contributed by atoms with Gasteiger partial charge in [-0.3, -0.25) is 0 Å². The van der Waals surface area contributed by atoms with E-state index >= 15 is 0 Å². The van der Waals surface area contributed by atoms with Gasteiger partial charge in [0.1, 0.15) is 10.5 Å². The lowest BCUT2D eigenvalue weighted by molar-refractivity contribution is -0.248. The molecule has 0 radical (unpaired) electrons. The fourth-order valence-corrected chi connectivity index (χ4v) is 3.67. The molecule has 21 heavy (non-hydrogen) atoms. The number of halogens is 4. The van der Waals surface area contributed by atoms with Gasteiger partial charge in [-0.05, 0) is 36.5 Å². The summed E-state index contributed by atoms with van der Waals surface area (Å²) in [5.41, 5.74) is -0.763. The molecule has 2 unspecified atom stereocenters. The first-order chi connectivity index (χ1) is 9.84. The highest BCUT2D eigenvalue weighted by molar-refractivity contribution is 9.10. The molecule has 1 saturated heterocycles. The van der Waals surface area contributed by atoms with Crippen molar-refractivity contribution in [1.29, 1.82) is 0 Å². The number of rotatable bonds is 2. The quantitative estimate of drug-likeness (QED) is 0.786. The molecular formula is C14H13BrF3NOS.